The van der Waals surface area contributed by atoms with Crippen molar-refractivity contribution in [1.29, 1.82) is 0 Å². The van der Waals surface area contributed by atoms with E-state index in [1.165, 1.54) is 0 Å². The molecule has 0 bridgehead atoms. The highest BCUT2D eigenvalue weighted by molar-refractivity contribution is 5.82. The zero-order valence-corrected chi connectivity index (χ0v) is 17.4. The van der Waals surface area contributed by atoms with Gasteiger partial charge in [-0.05, 0) is 23.6 Å². The van der Waals surface area contributed by atoms with Crippen molar-refractivity contribution < 1.29 is 50.3 Å². The van der Waals surface area contributed by atoms with E-state index in [-0.39, 0.29) is 0 Å². The molecule has 0 saturated carbocycles. The lowest BCUT2D eigenvalue weighted by molar-refractivity contribution is -0.232. The van der Waals surface area contributed by atoms with E-state index in [0.29, 0.717) is 16.8 Å². The fourth-order valence-electron chi connectivity index (χ4n) is 4.11. The summed E-state index contributed by atoms with van der Waals surface area (Å²) in [6, 6.07) is 6.84. The van der Waals surface area contributed by atoms with E-state index in [9.17, 15) is 40.9 Å². The number of aromatic amines is 1. The van der Waals surface area contributed by atoms with Crippen LogP contribution in [0.1, 0.15) is 17.4 Å². The smallest absolute Gasteiger partial charge is 0.147 e. The van der Waals surface area contributed by atoms with E-state index >= 15 is 0 Å². The van der Waals surface area contributed by atoms with Crippen LogP contribution in [0.25, 0.3) is 10.9 Å². The zero-order chi connectivity index (χ0) is 23.9. The van der Waals surface area contributed by atoms with Crippen molar-refractivity contribution in [2.45, 2.75) is 61.0 Å². The Kier molecular flexibility index (Phi) is 7.04. The minimum atomic E-state index is -1.51. The van der Waals surface area contributed by atoms with Gasteiger partial charge in [-0.2, -0.15) is 0 Å². The summed E-state index contributed by atoms with van der Waals surface area (Å²) in [5.74, 6) is 5.52. The molecule has 1 aromatic carbocycles. The second-order valence-corrected chi connectivity index (χ2v) is 8.30. The number of aliphatic hydroxyl groups excluding tert-OH is 8. The highest BCUT2D eigenvalue weighted by Gasteiger charge is 2.45. The first-order chi connectivity index (χ1) is 15.7. The molecule has 3 heterocycles. The molecule has 10 atom stereocenters. The van der Waals surface area contributed by atoms with Crippen molar-refractivity contribution in [3.8, 4) is 11.8 Å². The lowest BCUT2D eigenvalue weighted by atomic mass is 9.93. The maximum absolute atomic E-state index is 10.3. The van der Waals surface area contributed by atoms with Gasteiger partial charge < -0.3 is 55.3 Å². The molecule has 0 unspecified atom stereocenters. The van der Waals surface area contributed by atoms with Gasteiger partial charge in [0.15, 0.2) is 0 Å². The van der Waals surface area contributed by atoms with Crippen molar-refractivity contribution in [2.75, 3.05) is 13.2 Å². The third-order valence-corrected chi connectivity index (χ3v) is 6.09. The van der Waals surface area contributed by atoms with Crippen molar-refractivity contribution in [3.63, 3.8) is 0 Å². The third-order valence-electron chi connectivity index (χ3n) is 6.09. The summed E-state index contributed by atoms with van der Waals surface area (Å²) in [5.41, 5.74) is 1.59. The summed E-state index contributed by atoms with van der Waals surface area (Å²) < 4.78 is 11.0. The molecule has 0 spiro atoms. The Hall–Kier alpha value is -2.08. The average Bonchev–Trinajstić information content (AvgIpc) is 3.24. The number of aliphatic hydroxyl groups is 8. The Labute approximate surface area is 188 Å². The lowest BCUT2D eigenvalue weighted by Crippen LogP contribution is -2.58. The van der Waals surface area contributed by atoms with Gasteiger partial charge in [0, 0.05) is 16.8 Å². The number of nitrogens with one attached hydrogen (secondary N) is 1. The monoisotopic (exact) mass is 465 g/mol. The molecule has 9 N–H and O–H groups in total. The number of aromatic nitrogens is 1. The van der Waals surface area contributed by atoms with Crippen LogP contribution < -0.4 is 0 Å². The third kappa shape index (κ3) is 4.51. The molecular formula is C22H27NO10. The summed E-state index contributed by atoms with van der Waals surface area (Å²) in [5, 5.41) is 79.6. The van der Waals surface area contributed by atoms with Crippen LogP contribution in [0.15, 0.2) is 24.3 Å². The summed E-state index contributed by atoms with van der Waals surface area (Å²) in [6.45, 7) is -1.07. The Morgan fingerprint density at radius 3 is 2.06 bits per heavy atom. The highest BCUT2D eigenvalue weighted by Crippen LogP contribution is 2.33. The number of ether oxygens (including phenoxy) is 2. The first kappa shape index (κ1) is 24.1. The molecule has 1 aromatic heterocycles. The highest BCUT2D eigenvalue weighted by atomic mass is 16.6. The predicted octanol–water partition coefficient (Wildman–Crippen LogP) is -3.12. The quantitative estimate of drug-likeness (QED) is 0.209. The molecule has 2 saturated heterocycles. The topological polar surface area (TPSA) is 196 Å². The largest absolute Gasteiger partial charge is 0.394 e. The van der Waals surface area contributed by atoms with Gasteiger partial charge in [-0.15, -0.1) is 0 Å². The fourth-order valence-corrected chi connectivity index (χ4v) is 4.11. The number of hydrogen-bond donors (Lipinski definition) is 9. The number of H-pyrrole nitrogens is 1. The molecule has 11 nitrogen and oxygen atoms in total. The van der Waals surface area contributed by atoms with Crippen LogP contribution in [0.2, 0.25) is 0 Å². The van der Waals surface area contributed by atoms with Crippen LogP contribution in [0.5, 0.6) is 0 Å². The van der Waals surface area contributed by atoms with Gasteiger partial charge >= 0.3 is 0 Å². The Morgan fingerprint density at radius 2 is 1.39 bits per heavy atom. The molecule has 2 aliphatic rings. The molecule has 0 radical (unpaired) electrons. The Morgan fingerprint density at radius 1 is 0.758 bits per heavy atom. The SMILES string of the molecule is OC[C@H]1O[C@H](c2cc3ccc(C#C[C@H]4O[C@H](CO)[C@@H](O)[C@H](O)[C@@H]4O)cc3[nH]2)[C@H](O)[C@@H](O)[C@@H]1O. The molecule has 2 fully saturated rings. The van der Waals surface area contributed by atoms with Gasteiger partial charge in [0.25, 0.3) is 0 Å². The minimum absolute atomic E-state index is 0.431. The van der Waals surface area contributed by atoms with Gasteiger partial charge in [0.05, 0.1) is 13.2 Å². The standard InChI is InChI=1S/C22H27NO10/c24-7-14-17(27)19(29)16(26)13(32-14)4-2-9-1-3-10-6-12(23-11(10)5-9)22-21(31)20(30)18(28)15(8-25)33-22/h1,3,5-6,13-31H,7-8H2/t13-,14-,15-,16-,17-,18-,19-,20+,21-,22-/m1/s1. The van der Waals surface area contributed by atoms with Crippen molar-refractivity contribution in [3.05, 3.63) is 35.5 Å². The van der Waals surface area contributed by atoms with Crippen LogP contribution in [0.3, 0.4) is 0 Å². The molecule has 2 aromatic rings. The minimum Gasteiger partial charge on any atom is -0.394 e. The van der Waals surface area contributed by atoms with Crippen molar-refractivity contribution >= 4 is 10.9 Å². The van der Waals surface area contributed by atoms with Gasteiger partial charge in [0.1, 0.15) is 61.0 Å². The van der Waals surface area contributed by atoms with E-state index in [1.54, 1.807) is 24.3 Å². The number of rotatable bonds is 3. The van der Waals surface area contributed by atoms with Crippen molar-refractivity contribution in [1.82, 2.24) is 4.98 Å². The lowest BCUT2D eigenvalue weighted by Gasteiger charge is -2.39. The van der Waals surface area contributed by atoms with Crippen molar-refractivity contribution in [2.24, 2.45) is 0 Å². The fraction of sp³-hybridized carbons (Fsp3) is 0.545. The first-order valence-electron chi connectivity index (χ1n) is 10.5. The molecule has 33 heavy (non-hydrogen) atoms. The van der Waals surface area contributed by atoms with E-state index in [2.05, 4.69) is 16.8 Å². The average molecular weight is 465 g/mol. The molecule has 2 aliphatic heterocycles. The van der Waals surface area contributed by atoms with E-state index < -0.39 is 74.3 Å². The van der Waals surface area contributed by atoms with E-state index in [0.717, 1.165) is 5.39 Å². The van der Waals surface area contributed by atoms with Crippen LogP contribution in [0, 0.1) is 11.8 Å². The number of benzene rings is 1. The zero-order valence-electron chi connectivity index (χ0n) is 17.4. The first-order valence-corrected chi connectivity index (χ1v) is 10.5. The van der Waals surface area contributed by atoms with Crippen LogP contribution in [0.4, 0.5) is 0 Å². The van der Waals surface area contributed by atoms with E-state index in [4.69, 9.17) is 9.47 Å². The second kappa shape index (κ2) is 9.65. The summed E-state index contributed by atoms with van der Waals surface area (Å²) in [4.78, 5) is 3.08. The van der Waals surface area contributed by atoms with E-state index in [1.807, 2.05) is 0 Å². The molecule has 0 amide bonds. The summed E-state index contributed by atoms with van der Waals surface area (Å²) >= 11 is 0. The van der Waals surface area contributed by atoms with Gasteiger partial charge in [-0.3, -0.25) is 0 Å². The molecule has 0 aliphatic carbocycles. The normalized spacial score (nSPS) is 39.3. The molecule has 4 rings (SSSR count). The second-order valence-electron chi connectivity index (χ2n) is 8.30. The summed E-state index contributed by atoms with van der Waals surface area (Å²) in [7, 11) is 0. The predicted molar refractivity (Wildman–Crippen MR) is 112 cm³/mol. The number of fused-ring (bicyclic) bond motifs is 1. The van der Waals surface area contributed by atoms with Gasteiger partial charge in [-0.25, -0.2) is 0 Å². The Balaban J connectivity index is 1.56. The van der Waals surface area contributed by atoms with Gasteiger partial charge in [0.2, 0.25) is 0 Å². The molecule has 180 valence electrons. The Bertz CT molecular complexity index is 1030. The molecular weight excluding hydrogens is 438 g/mol. The summed E-state index contributed by atoms with van der Waals surface area (Å²) in [6.07, 6.45) is -13.0. The van der Waals surface area contributed by atoms with Crippen LogP contribution >= 0.6 is 0 Å². The van der Waals surface area contributed by atoms with Gasteiger partial charge in [-0.1, -0.05) is 17.9 Å². The molecule has 11 heteroatoms. The van der Waals surface area contributed by atoms with Crippen LogP contribution in [-0.4, -0.2) is 114 Å². The number of hydrogen-bond acceptors (Lipinski definition) is 10. The maximum Gasteiger partial charge on any atom is 0.147 e. The van der Waals surface area contributed by atoms with Crippen LogP contribution in [-0.2, 0) is 9.47 Å². The maximum atomic E-state index is 10.3.